The summed E-state index contributed by atoms with van der Waals surface area (Å²) in [4.78, 5) is 0. The van der Waals surface area contributed by atoms with Gasteiger partial charge < -0.3 is 5.32 Å². The Labute approximate surface area is 124 Å². The lowest BCUT2D eigenvalue weighted by Crippen LogP contribution is -2.13. The Morgan fingerprint density at radius 3 is 2.68 bits per heavy atom. The highest BCUT2D eigenvalue weighted by Gasteiger charge is 2.05. The van der Waals surface area contributed by atoms with Crippen molar-refractivity contribution in [3.05, 3.63) is 58.1 Å². The van der Waals surface area contributed by atoms with E-state index in [1.54, 1.807) is 6.07 Å². The van der Waals surface area contributed by atoms with Crippen LogP contribution in [0.5, 0.6) is 0 Å². The minimum atomic E-state index is 0.703. The first-order valence-corrected chi connectivity index (χ1v) is 7.21. The van der Waals surface area contributed by atoms with E-state index in [9.17, 15) is 0 Å². The molecule has 0 fully saturated rings. The van der Waals surface area contributed by atoms with Gasteiger partial charge in [0.25, 0.3) is 0 Å². The fourth-order valence-corrected chi connectivity index (χ4v) is 2.38. The highest BCUT2D eigenvalue weighted by atomic mass is 35.5. The van der Waals surface area contributed by atoms with Crippen LogP contribution >= 0.6 is 23.2 Å². The first kappa shape index (κ1) is 14.4. The van der Waals surface area contributed by atoms with Gasteiger partial charge in [-0.3, -0.25) is 0 Å². The lowest BCUT2D eigenvalue weighted by Gasteiger charge is -2.08. The molecule has 0 aromatic heterocycles. The number of benzene rings is 2. The molecule has 0 spiro atoms. The van der Waals surface area contributed by atoms with E-state index in [-0.39, 0.29) is 0 Å². The fraction of sp³-hybridized carbons (Fsp3) is 0.250. The van der Waals surface area contributed by atoms with Crippen molar-refractivity contribution in [3.8, 4) is 11.1 Å². The molecule has 0 bridgehead atoms. The van der Waals surface area contributed by atoms with Gasteiger partial charge in [0.15, 0.2) is 0 Å². The van der Waals surface area contributed by atoms with E-state index >= 15 is 0 Å². The van der Waals surface area contributed by atoms with Crippen molar-refractivity contribution in [1.29, 1.82) is 0 Å². The fourth-order valence-electron chi connectivity index (χ4n) is 1.98. The molecule has 0 amide bonds. The van der Waals surface area contributed by atoms with Gasteiger partial charge in [-0.1, -0.05) is 48.3 Å². The molecule has 0 saturated carbocycles. The monoisotopic (exact) mass is 293 g/mol. The molecule has 2 aromatic rings. The van der Waals surface area contributed by atoms with Gasteiger partial charge in [-0.25, -0.2) is 0 Å². The van der Waals surface area contributed by atoms with Gasteiger partial charge in [-0.2, -0.15) is 0 Å². The van der Waals surface area contributed by atoms with Crippen LogP contribution in [0.4, 0.5) is 0 Å². The average Bonchev–Trinajstić information content (AvgIpc) is 2.42. The molecule has 1 N–H and O–H groups in total. The van der Waals surface area contributed by atoms with Crippen LogP contribution in [0.25, 0.3) is 11.1 Å². The van der Waals surface area contributed by atoms with E-state index < -0.39 is 0 Å². The SMILES string of the molecule is CCCNCc1cccc(-c2cc(Cl)ccc2Cl)c1. The Balaban J connectivity index is 2.24. The minimum Gasteiger partial charge on any atom is -0.313 e. The number of hydrogen-bond acceptors (Lipinski definition) is 1. The molecule has 19 heavy (non-hydrogen) atoms. The average molecular weight is 294 g/mol. The summed E-state index contributed by atoms with van der Waals surface area (Å²) in [5.74, 6) is 0. The number of rotatable bonds is 5. The van der Waals surface area contributed by atoms with Crippen molar-refractivity contribution in [3.63, 3.8) is 0 Å². The summed E-state index contributed by atoms with van der Waals surface area (Å²) >= 11 is 12.3. The maximum absolute atomic E-state index is 6.24. The highest BCUT2D eigenvalue weighted by molar-refractivity contribution is 6.35. The zero-order valence-electron chi connectivity index (χ0n) is 10.9. The number of hydrogen-bond donors (Lipinski definition) is 1. The third-order valence-corrected chi connectivity index (χ3v) is 3.49. The smallest absolute Gasteiger partial charge is 0.0485 e. The number of halogens is 2. The van der Waals surface area contributed by atoms with E-state index in [4.69, 9.17) is 23.2 Å². The summed E-state index contributed by atoms with van der Waals surface area (Å²) in [6.07, 6.45) is 1.14. The van der Waals surface area contributed by atoms with Crippen LogP contribution in [0.3, 0.4) is 0 Å². The Bertz CT molecular complexity index is 552. The van der Waals surface area contributed by atoms with E-state index in [0.29, 0.717) is 5.02 Å². The second-order valence-corrected chi connectivity index (χ2v) is 5.34. The molecule has 0 radical (unpaired) electrons. The van der Waals surface area contributed by atoms with E-state index in [1.165, 1.54) is 5.56 Å². The van der Waals surface area contributed by atoms with Crippen molar-refractivity contribution in [1.82, 2.24) is 5.32 Å². The Morgan fingerprint density at radius 1 is 1.05 bits per heavy atom. The summed E-state index contributed by atoms with van der Waals surface area (Å²) in [5.41, 5.74) is 3.33. The lowest BCUT2D eigenvalue weighted by atomic mass is 10.0. The minimum absolute atomic E-state index is 0.703. The van der Waals surface area contributed by atoms with Crippen LogP contribution in [0.15, 0.2) is 42.5 Å². The third-order valence-electron chi connectivity index (χ3n) is 2.92. The highest BCUT2D eigenvalue weighted by Crippen LogP contribution is 2.30. The lowest BCUT2D eigenvalue weighted by molar-refractivity contribution is 0.675. The molecule has 0 saturated heterocycles. The first-order chi connectivity index (χ1) is 9.20. The molecule has 1 nitrogen and oxygen atoms in total. The van der Waals surface area contributed by atoms with Crippen LogP contribution in [-0.2, 0) is 6.54 Å². The van der Waals surface area contributed by atoms with Crippen molar-refractivity contribution < 1.29 is 0 Å². The van der Waals surface area contributed by atoms with Gasteiger partial charge in [-0.15, -0.1) is 0 Å². The summed E-state index contributed by atoms with van der Waals surface area (Å²) in [7, 11) is 0. The molecule has 2 aromatic carbocycles. The quantitative estimate of drug-likeness (QED) is 0.751. The predicted molar refractivity (Wildman–Crippen MR) is 83.9 cm³/mol. The van der Waals surface area contributed by atoms with E-state index in [2.05, 4.69) is 36.5 Å². The molecule has 0 unspecified atom stereocenters. The van der Waals surface area contributed by atoms with Gasteiger partial charge >= 0.3 is 0 Å². The standard InChI is InChI=1S/C16H17Cl2N/c1-2-8-19-11-12-4-3-5-13(9-12)15-10-14(17)6-7-16(15)18/h3-7,9-10,19H,2,8,11H2,1H3. The third kappa shape index (κ3) is 3.97. The Hall–Kier alpha value is -1.02. The summed E-state index contributed by atoms with van der Waals surface area (Å²) < 4.78 is 0. The molecule has 100 valence electrons. The van der Waals surface area contributed by atoms with Crippen LogP contribution in [0, 0.1) is 0 Å². The topological polar surface area (TPSA) is 12.0 Å². The maximum Gasteiger partial charge on any atom is 0.0485 e. The number of nitrogens with one attached hydrogen (secondary N) is 1. The molecule has 0 heterocycles. The van der Waals surface area contributed by atoms with Gasteiger partial charge in [0.05, 0.1) is 0 Å². The van der Waals surface area contributed by atoms with Crippen molar-refractivity contribution in [2.45, 2.75) is 19.9 Å². The van der Waals surface area contributed by atoms with Crippen LogP contribution in [-0.4, -0.2) is 6.54 Å². The molecular formula is C16H17Cl2N. The van der Waals surface area contributed by atoms with Gasteiger partial charge in [0, 0.05) is 22.2 Å². The second kappa shape index (κ2) is 6.95. The van der Waals surface area contributed by atoms with Crippen molar-refractivity contribution in [2.75, 3.05) is 6.54 Å². The molecule has 0 aliphatic rings. The van der Waals surface area contributed by atoms with Crippen molar-refractivity contribution in [2.24, 2.45) is 0 Å². The zero-order valence-corrected chi connectivity index (χ0v) is 12.4. The second-order valence-electron chi connectivity index (χ2n) is 4.50. The van der Waals surface area contributed by atoms with Gasteiger partial charge in [0.1, 0.15) is 0 Å². The van der Waals surface area contributed by atoms with Crippen LogP contribution < -0.4 is 5.32 Å². The van der Waals surface area contributed by atoms with E-state index in [1.807, 2.05) is 12.1 Å². The van der Waals surface area contributed by atoms with Crippen LogP contribution in [0.1, 0.15) is 18.9 Å². The van der Waals surface area contributed by atoms with Gasteiger partial charge in [-0.05, 0) is 48.4 Å². The summed E-state index contributed by atoms with van der Waals surface area (Å²) in [6, 6.07) is 13.9. The van der Waals surface area contributed by atoms with Crippen molar-refractivity contribution >= 4 is 23.2 Å². The summed E-state index contributed by atoms with van der Waals surface area (Å²) in [6.45, 7) is 4.07. The maximum atomic E-state index is 6.24. The Kier molecular flexibility index (Phi) is 5.26. The zero-order chi connectivity index (χ0) is 13.7. The molecule has 0 atom stereocenters. The largest absolute Gasteiger partial charge is 0.313 e. The molecule has 3 heteroatoms. The molecular weight excluding hydrogens is 277 g/mol. The Morgan fingerprint density at radius 2 is 1.89 bits per heavy atom. The normalized spacial score (nSPS) is 10.7. The summed E-state index contributed by atoms with van der Waals surface area (Å²) in [5, 5.41) is 4.82. The van der Waals surface area contributed by atoms with E-state index in [0.717, 1.165) is 35.7 Å². The van der Waals surface area contributed by atoms with Gasteiger partial charge in [0.2, 0.25) is 0 Å². The predicted octanol–water partition coefficient (Wildman–Crippen LogP) is 5.16. The molecule has 0 aliphatic heterocycles. The first-order valence-electron chi connectivity index (χ1n) is 6.46. The van der Waals surface area contributed by atoms with Crippen LogP contribution in [0.2, 0.25) is 10.0 Å². The molecule has 0 aliphatic carbocycles. The molecule has 2 rings (SSSR count).